The first-order valence-corrected chi connectivity index (χ1v) is 10.1. The molecule has 0 aliphatic rings. The average molecular weight is 416 g/mol. The summed E-state index contributed by atoms with van der Waals surface area (Å²) in [4.78, 5) is 25.6. The third-order valence-electron chi connectivity index (χ3n) is 5.58. The number of hydrogen-bond acceptors (Lipinski definition) is 5. The molecule has 0 unspecified atom stereocenters. The number of ether oxygens (including phenoxy) is 1. The number of benzene rings is 2. The van der Waals surface area contributed by atoms with E-state index in [1.807, 2.05) is 44.2 Å². The summed E-state index contributed by atoms with van der Waals surface area (Å²) >= 11 is 0. The van der Waals surface area contributed by atoms with E-state index in [1.165, 1.54) is 5.56 Å². The van der Waals surface area contributed by atoms with E-state index in [9.17, 15) is 9.59 Å². The van der Waals surface area contributed by atoms with E-state index in [-0.39, 0.29) is 17.9 Å². The Kier molecular flexibility index (Phi) is 5.66. The first-order valence-electron chi connectivity index (χ1n) is 10.1. The normalized spacial score (nSPS) is 11.1. The van der Waals surface area contributed by atoms with Gasteiger partial charge in [-0.15, -0.1) is 5.10 Å². The number of carbonyl (C=O) groups is 1. The summed E-state index contributed by atoms with van der Waals surface area (Å²) in [7, 11) is 1.65. The lowest BCUT2D eigenvalue weighted by Crippen LogP contribution is -2.28. The maximum Gasteiger partial charge on any atom is 0.278 e. The number of Topliss-reactive ketones (excluding diaryl/α,β-unsaturated/α-hetero) is 1. The van der Waals surface area contributed by atoms with Crippen LogP contribution in [0.15, 0.2) is 59.4 Å². The Balaban J connectivity index is 1.53. The molecule has 0 spiro atoms. The van der Waals surface area contributed by atoms with Crippen LogP contribution in [0.3, 0.4) is 0 Å². The molecule has 0 fully saturated rings. The minimum Gasteiger partial charge on any atom is -0.497 e. The van der Waals surface area contributed by atoms with Crippen molar-refractivity contribution in [3.05, 3.63) is 87.5 Å². The number of hydrogen-bond donors (Lipinski definition) is 0. The van der Waals surface area contributed by atoms with Gasteiger partial charge in [-0.3, -0.25) is 9.59 Å². The van der Waals surface area contributed by atoms with Crippen LogP contribution in [0.2, 0.25) is 0 Å². The number of methoxy groups -OCH3 is 1. The zero-order valence-electron chi connectivity index (χ0n) is 17.8. The summed E-state index contributed by atoms with van der Waals surface area (Å²) in [6.07, 6.45) is 0.837. The molecule has 2 aromatic carbocycles. The Bertz CT molecular complexity index is 1300. The van der Waals surface area contributed by atoms with Gasteiger partial charge in [-0.1, -0.05) is 29.5 Å². The molecule has 0 radical (unpaired) electrons. The van der Waals surface area contributed by atoms with Crippen molar-refractivity contribution in [2.45, 2.75) is 33.4 Å². The van der Waals surface area contributed by atoms with Crippen molar-refractivity contribution in [2.75, 3.05) is 7.11 Å². The number of fused-ring (bicyclic) bond motifs is 1. The predicted octanol–water partition coefficient (Wildman–Crippen LogP) is 3.34. The van der Waals surface area contributed by atoms with Gasteiger partial charge in [-0.05, 0) is 56.2 Å². The Morgan fingerprint density at radius 3 is 2.55 bits per heavy atom. The van der Waals surface area contributed by atoms with E-state index in [4.69, 9.17) is 4.74 Å². The zero-order valence-corrected chi connectivity index (χ0v) is 17.8. The second kappa shape index (κ2) is 8.55. The van der Waals surface area contributed by atoms with Gasteiger partial charge >= 0.3 is 0 Å². The molecule has 2 aromatic heterocycles. The second-order valence-electron chi connectivity index (χ2n) is 7.53. The molecule has 0 saturated carbocycles. The predicted molar refractivity (Wildman–Crippen MR) is 119 cm³/mol. The van der Waals surface area contributed by atoms with Crippen LogP contribution in [0.1, 0.15) is 27.3 Å². The van der Waals surface area contributed by atoms with Gasteiger partial charge in [0.1, 0.15) is 17.8 Å². The summed E-state index contributed by atoms with van der Waals surface area (Å²) in [5, 5.41) is 8.45. The fraction of sp³-hybridized carbons (Fsp3) is 0.250. The summed E-state index contributed by atoms with van der Waals surface area (Å²) in [6.45, 7) is 4.54. The quantitative estimate of drug-likeness (QED) is 0.432. The monoisotopic (exact) mass is 416 g/mol. The molecule has 7 nitrogen and oxygen atoms in total. The molecule has 4 rings (SSSR count). The van der Waals surface area contributed by atoms with Gasteiger partial charge in [0.2, 0.25) is 0 Å². The smallest absolute Gasteiger partial charge is 0.278 e. The van der Waals surface area contributed by atoms with Crippen molar-refractivity contribution in [3.8, 4) is 5.75 Å². The number of carbonyl (C=O) groups excluding carboxylic acids is 1. The minimum atomic E-state index is -0.313. The van der Waals surface area contributed by atoms with Crippen LogP contribution < -0.4 is 10.3 Å². The SMILES string of the molecule is COc1ccc(CCn2c(C)cc(C(=O)Cn3nnc4ccccc4c3=O)c2C)cc1. The maximum absolute atomic E-state index is 13.0. The minimum absolute atomic E-state index is 0.139. The van der Waals surface area contributed by atoms with Crippen LogP contribution in [-0.2, 0) is 19.5 Å². The molecule has 4 aromatic rings. The molecule has 2 heterocycles. The van der Waals surface area contributed by atoms with Crippen molar-refractivity contribution < 1.29 is 9.53 Å². The van der Waals surface area contributed by atoms with E-state index in [0.717, 1.165) is 34.8 Å². The molecule has 0 saturated heterocycles. The van der Waals surface area contributed by atoms with Gasteiger partial charge in [0, 0.05) is 23.5 Å². The third-order valence-corrected chi connectivity index (χ3v) is 5.58. The van der Waals surface area contributed by atoms with Crippen LogP contribution in [0.5, 0.6) is 5.75 Å². The Labute approximate surface area is 179 Å². The Morgan fingerprint density at radius 1 is 1.06 bits per heavy atom. The van der Waals surface area contributed by atoms with Gasteiger partial charge < -0.3 is 9.30 Å². The fourth-order valence-corrected chi connectivity index (χ4v) is 3.81. The first kappa shape index (κ1) is 20.5. The van der Waals surface area contributed by atoms with Crippen molar-refractivity contribution in [1.29, 1.82) is 0 Å². The summed E-state index contributed by atoms with van der Waals surface area (Å²) in [5.74, 6) is 0.674. The van der Waals surface area contributed by atoms with Gasteiger partial charge in [0.25, 0.3) is 5.56 Å². The molecule has 0 aliphatic carbocycles. The number of nitrogens with zero attached hydrogens (tertiary/aromatic N) is 4. The van der Waals surface area contributed by atoms with E-state index >= 15 is 0 Å². The lowest BCUT2D eigenvalue weighted by molar-refractivity contribution is 0.0964. The Morgan fingerprint density at radius 2 is 1.81 bits per heavy atom. The van der Waals surface area contributed by atoms with Gasteiger partial charge in [0.05, 0.1) is 12.5 Å². The molecule has 0 atom stereocenters. The van der Waals surface area contributed by atoms with E-state index in [2.05, 4.69) is 14.9 Å². The van der Waals surface area contributed by atoms with Gasteiger partial charge in [0.15, 0.2) is 5.78 Å². The van der Waals surface area contributed by atoms with Crippen molar-refractivity contribution in [2.24, 2.45) is 0 Å². The molecule has 0 bridgehead atoms. The van der Waals surface area contributed by atoms with Crippen LogP contribution in [-0.4, -0.2) is 32.5 Å². The van der Waals surface area contributed by atoms with Gasteiger partial charge in [-0.25, -0.2) is 4.68 Å². The van der Waals surface area contributed by atoms with E-state index in [0.29, 0.717) is 16.5 Å². The van der Waals surface area contributed by atoms with E-state index < -0.39 is 0 Å². The molecule has 7 heteroatoms. The molecule has 0 aliphatic heterocycles. The largest absolute Gasteiger partial charge is 0.497 e. The van der Waals surface area contributed by atoms with Crippen molar-refractivity contribution >= 4 is 16.7 Å². The molecule has 158 valence electrons. The fourth-order valence-electron chi connectivity index (χ4n) is 3.81. The number of rotatable bonds is 7. The van der Waals surface area contributed by atoms with Crippen LogP contribution in [0, 0.1) is 13.8 Å². The van der Waals surface area contributed by atoms with Crippen molar-refractivity contribution in [1.82, 2.24) is 19.6 Å². The van der Waals surface area contributed by atoms with Crippen LogP contribution in [0.25, 0.3) is 10.9 Å². The van der Waals surface area contributed by atoms with Crippen LogP contribution in [0.4, 0.5) is 0 Å². The van der Waals surface area contributed by atoms with Crippen LogP contribution >= 0.6 is 0 Å². The summed E-state index contributed by atoms with van der Waals surface area (Å²) in [6, 6.07) is 16.9. The topological polar surface area (TPSA) is 79.0 Å². The number of ketones is 1. The highest BCUT2D eigenvalue weighted by atomic mass is 16.5. The summed E-state index contributed by atoms with van der Waals surface area (Å²) < 4.78 is 8.47. The zero-order chi connectivity index (χ0) is 22.0. The highest BCUT2D eigenvalue weighted by Crippen LogP contribution is 2.18. The third kappa shape index (κ3) is 4.12. The molecule has 0 amide bonds. The lowest BCUT2D eigenvalue weighted by atomic mass is 10.1. The van der Waals surface area contributed by atoms with Gasteiger partial charge in [-0.2, -0.15) is 0 Å². The molecular weight excluding hydrogens is 392 g/mol. The molecular formula is C24H24N4O3. The number of aromatic nitrogens is 4. The molecule has 0 N–H and O–H groups in total. The first-order chi connectivity index (χ1) is 15.0. The van der Waals surface area contributed by atoms with E-state index in [1.54, 1.807) is 31.4 Å². The highest BCUT2D eigenvalue weighted by Gasteiger charge is 2.18. The lowest BCUT2D eigenvalue weighted by Gasteiger charge is -2.10. The summed E-state index contributed by atoms with van der Waals surface area (Å²) in [5.41, 5.74) is 3.90. The number of aryl methyl sites for hydroxylation is 2. The highest BCUT2D eigenvalue weighted by molar-refractivity contribution is 5.97. The standard InChI is InChI=1S/C24H24N4O3/c1-16-14-21(17(2)27(16)13-12-18-8-10-19(31-3)11-9-18)23(29)15-28-24(30)20-6-4-5-7-22(20)25-26-28/h4-11,14H,12-13,15H2,1-3H3. The maximum atomic E-state index is 13.0. The van der Waals surface area contributed by atoms with Crippen molar-refractivity contribution in [3.63, 3.8) is 0 Å². The Hall–Kier alpha value is -3.74. The second-order valence-corrected chi connectivity index (χ2v) is 7.53. The molecule has 31 heavy (non-hydrogen) atoms. The average Bonchev–Trinajstić information content (AvgIpc) is 3.08.